The summed E-state index contributed by atoms with van der Waals surface area (Å²) < 4.78 is 59.4. The fourth-order valence-electron chi connectivity index (χ4n) is 17.3. The molecular weight excluding hydrogens is 1360 g/mol. The molecule has 524 valence electrons. The number of benzene rings is 2. The summed E-state index contributed by atoms with van der Waals surface area (Å²) in [5.41, 5.74) is 5.56. The summed E-state index contributed by atoms with van der Waals surface area (Å²) in [6.45, 7) is 33.1. The first-order valence-corrected chi connectivity index (χ1v) is 39.8. The zero-order chi connectivity index (χ0) is 68.5. The summed E-state index contributed by atoms with van der Waals surface area (Å²) in [6.07, 6.45) is 12.5. The Hall–Kier alpha value is -5.95. The fourth-order valence-corrected chi connectivity index (χ4v) is 24.6. The molecule has 4 bridgehead atoms. The number of nitrogens with zero attached hydrogens (tertiary/aromatic N) is 12. The fraction of sp³-hybridized carbons (Fsp3) is 0.662. The maximum absolute atomic E-state index is 16.2. The van der Waals surface area contributed by atoms with E-state index in [9.17, 15) is 9.59 Å². The summed E-state index contributed by atoms with van der Waals surface area (Å²) in [6, 6.07) is 7.64. The van der Waals surface area contributed by atoms with Gasteiger partial charge in [-0.3, -0.25) is 19.6 Å². The quantitative estimate of drug-likeness (QED) is 0.0503. The van der Waals surface area contributed by atoms with Crippen molar-refractivity contribution in [1.29, 1.82) is 0 Å². The van der Waals surface area contributed by atoms with Crippen molar-refractivity contribution < 1.29 is 47.1 Å². The predicted molar refractivity (Wildman–Crippen MR) is 383 cm³/mol. The molecule has 0 aliphatic carbocycles. The van der Waals surface area contributed by atoms with Gasteiger partial charge in [0.2, 0.25) is 0 Å². The van der Waals surface area contributed by atoms with Gasteiger partial charge in [-0.2, -0.15) is 24.9 Å². The first-order valence-electron chi connectivity index (χ1n) is 35.1. The van der Waals surface area contributed by atoms with Gasteiger partial charge in [0.15, 0.2) is 32.0 Å². The van der Waals surface area contributed by atoms with Gasteiger partial charge in [-0.25, -0.2) is 19.0 Å². The van der Waals surface area contributed by atoms with Crippen molar-refractivity contribution in [3.63, 3.8) is 0 Å². The highest BCUT2D eigenvalue weighted by Gasteiger charge is 2.50. The number of methoxy groups -OCH3 is 1. The second-order valence-electron chi connectivity index (χ2n) is 30.9. The topological polar surface area (TPSA) is 196 Å². The lowest BCUT2D eigenvalue weighted by Crippen LogP contribution is -2.57. The van der Waals surface area contributed by atoms with E-state index in [2.05, 4.69) is 88.5 Å². The van der Waals surface area contributed by atoms with Gasteiger partial charge in [-0.1, -0.05) is 76.2 Å². The van der Waals surface area contributed by atoms with Gasteiger partial charge in [-0.15, -0.1) is 5.54 Å². The standard InChI is InChI=1S/C47H63FN6O6SSi.C24H33BrN6O3S/c1-29(2)62(30(3)4,31(5)6)22-17-36-37(48)16-13-32-23-35(58-28-56-10)24-38(39(32)36)59-44-49-40-41(52-25-33-14-15-34(26-52)54(33)45(55)60-46(7,8)9)50-43(51-42(40)61-44)57-27-47-18-11-20-53(47)21-12-19-47;1-23(2,3)34-22(32)31-15-6-7-16(31)13-29(12-15)18-17-19(35-20(25)26-17)28-21(27-18)33-14-24-8-4-10-30(24)11-5-9-24/h13,16,23-24,29-31,33-34H,11-12,14-15,18-21,25-28H2,1-10H3;15-16H,4-14H2,1-3H3/t33-,34+;15-,16+. The van der Waals surface area contributed by atoms with Crippen LogP contribution in [-0.4, -0.2) is 196 Å². The van der Waals surface area contributed by atoms with E-state index in [0.29, 0.717) is 112 Å². The largest absolute Gasteiger partial charge is 0.467 e. The smallest absolute Gasteiger partial charge is 0.410 e. The van der Waals surface area contributed by atoms with E-state index in [1.54, 1.807) is 19.2 Å². The Balaban J connectivity index is 0.000000204. The number of halogens is 2. The molecule has 21 nitrogen and oxygen atoms in total. The Morgan fingerprint density at radius 1 is 0.649 bits per heavy atom. The molecule has 26 heteroatoms. The molecule has 14 rings (SSSR count). The molecule has 4 aromatic heterocycles. The number of carbonyl (C=O) groups is 2. The van der Waals surface area contributed by atoms with Crippen LogP contribution in [-0.2, 0) is 14.2 Å². The van der Waals surface area contributed by atoms with Gasteiger partial charge in [0.05, 0.1) is 40.8 Å². The zero-order valence-corrected chi connectivity index (χ0v) is 62.9. The molecule has 4 atom stereocenters. The van der Waals surface area contributed by atoms with E-state index in [1.807, 2.05) is 57.4 Å². The van der Waals surface area contributed by atoms with E-state index in [1.165, 1.54) is 67.5 Å². The third-order valence-electron chi connectivity index (χ3n) is 21.5. The molecule has 2 aromatic carbocycles. The maximum atomic E-state index is 16.2. The second-order valence-corrected chi connectivity index (χ2v) is 39.7. The first-order chi connectivity index (χ1) is 46.2. The average Bonchev–Trinajstić information content (AvgIpc) is 1.75. The number of anilines is 2. The average molecular weight is 1450 g/mol. The number of aromatic nitrogens is 6. The summed E-state index contributed by atoms with van der Waals surface area (Å²) in [5.74, 6) is 5.28. The van der Waals surface area contributed by atoms with Crippen molar-refractivity contribution in [3.8, 4) is 40.2 Å². The summed E-state index contributed by atoms with van der Waals surface area (Å²) in [7, 11) is -0.662. The lowest BCUT2D eigenvalue weighted by atomic mass is 9.95. The monoisotopic (exact) mass is 1450 g/mol. The lowest BCUT2D eigenvalue weighted by Gasteiger charge is -2.41. The Morgan fingerprint density at radius 2 is 1.11 bits per heavy atom. The minimum Gasteiger partial charge on any atom is -0.467 e. The van der Waals surface area contributed by atoms with Gasteiger partial charge < -0.3 is 43.0 Å². The summed E-state index contributed by atoms with van der Waals surface area (Å²) >= 11 is 6.32. The minimum absolute atomic E-state index is 0.00704. The molecule has 8 saturated heterocycles. The highest BCUT2D eigenvalue weighted by molar-refractivity contribution is 9.11. The minimum atomic E-state index is -2.22. The first kappa shape index (κ1) is 69.5. The molecule has 0 N–H and O–H groups in total. The van der Waals surface area contributed by atoms with Crippen molar-refractivity contribution >= 4 is 102 Å². The Labute approximate surface area is 587 Å². The van der Waals surface area contributed by atoms with Gasteiger partial charge in [0, 0.05) is 44.7 Å². The van der Waals surface area contributed by atoms with Crippen LogP contribution in [0.3, 0.4) is 0 Å². The molecule has 8 fully saturated rings. The third-order valence-corrected chi connectivity index (χ3v) is 30.1. The summed E-state index contributed by atoms with van der Waals surface area (Å²) in [4.78, 5) is 70.7. The highest BCUT2D eigenvalue weighted by Crippen LogP contribution is 2.47. The number of fused-ring (bicyclic) bond motifs is 9. The van der Waals surface area contributed by atoms with Crippen LogP contribution in [0, 0.1) is 17.3 Å². The molecule has 97 heavy (non-hydrogen) atoms. The van der Waals surface area contributed by atoms with Crippen molar-refractivity contribution in [2.75, 3.05) is 89.3 Å². The van der Waals surface area contributed by atoms with Gasteiger partial charge in [0.1, 0.15) is 60.8 Å². The van der Waals surface area contributed by atoms with Gasteiger partial charge in [0.25, 0.3) is 5.19 Å². The van der Waals surface area contributed by atoms with E-state index in [-0.39, 0.29) is 59.8 Å². The third kappa shape index (κ3) is 14.0. The maximum Gasteiger partial charge on any atom is 0.410 e. The van der Waals surface area contributed by atoms with Crippen LogP contribution < -0.4 is 28.7 Å². The molecular formula is C71H96BrFN12O9S2Si. The molecule has 8 aliphatic heterocycles. The van der Waals surface area contributed by atoms with Crippen LogP contribution in [0.25, 0.3) is 31.5 Å². The molecule has 0 unspecified atom stereocenters. The number of amides is 2. The molecule has 0 saturated carbocycles. The van der Waals surface area contributed by atoms with Crippen LogP contribution in [0.1, 0.15) is 166 Å². The van der Waals surface area contributed by atoms with Crippen LogP contribution in [0.2, 0.25) is 16.6 Å². The molecule has 6 aromatic rings. The van der Waals surface area contributed by atoms with Crippen LogP contribution in [0.5, 0.6) is 28.7 Å². The Morgan fingerprint density at radius 3 is 1.57 bits per heavy atom. The molecule has 0 radical (unpaired) electrons. The highest BCUT2D eigenvalue weighted by atomic mass is 79.9. The molecule has 0 spiro atoms. The van der Waals surface area contributed by atoms with E-state index >= 15 is 4.39 Å². The zero-order valence-electron chi connectivity index (χ0n) is 58.7. The molecule has 12 heterocycles. The Bertz CT molecular complexity index is 3910. The van der Waals surface area contributed by atoms with Crippen molar-refractivity contribution in [2.24, 2.45) is 0 Å². The van der Waals surface area contributed by atoms with Crippen LogP contribution in [0.15, 0.2) is 28.2 Å². The van der Waals surface area contributed by atoms with E-state index in [4.69, 9.17) is 63.1 Å². The molecule has 8 aliphatic rings. The van der Waals surface area contributed by atoms with E-state index < -0.39 is 25.1 Å². The van der Waals surface area contributed by atoms with Gasteiger partial charge in [-0.05, 0) is 195 Å². The van der Waals surface area contributed by atoms with Crippen molar-refractivity contribution in [3.05, 3.63) is 39.6 Å². The van der Waals surface area contributed by atoms with Crippen LogP contribution >= 0.6 is 38.6 Å². The Kier molecular flexibility index (Phi) is 19.7. The van der Waals surface area contributed by atoms with E-state index in [0.717, 1.165) is 84.5 Å². The number of thiazole rings is 2. The van der Waals surface area contributed by atoms with Gasteiger partial charge >= 0.3 is 24.2 Å². The summed E-state index contributed by atoms with van der Waals surface area (Å²) in [5, 5.41) is 1.57. The number of hydrogen-bond acceptors (Lipinski definition) is 21. The number of rotatable bonds is 16. The lowest BCUT2D eigenvalue weighted by molar-refractivity contribution is 0.0111. The SMILES string of the molecule is CC(C)(C)OC(=O)N1[C@@H]2CC[C@H]1CN(c1nc(OCC34CCCN3CCC4)nc3sc(Br)nc13)C2.COCOc1cc(Oc2nc3c(N4C[C@H]5CC[C@@H](C4)N5C(=O)OC(C)(C)C)nc(OCC45CCCN4CCC5)nc3s2)c2c(C#C[Si](C(C)C)(C(C)C)C(C)C)c(F)ccc2c1. The second kappa shape index (κ2) is 27.5. The normalized spacial score (nSPS) is 22.2. The number of carbonyl (C=O) groups excluding carboxylic acids is 2. The number of hydrogen-bond donors (Lipinski definition) is 0. The predicted octanol–water partition coefficient (Wildman–Crippen LogP) is 14.8. The van der Waals surface area contributed by atoms with Crippen LogP contribution in [0.4, 0.5) is 25.6 Å². The van der Waals surface area contributed by atoms with Crippen molar-refractivity contribution in [2.45, 2.75) is 223 Å². The number of piperazine rings is 2. The molecule has 2 amide bonds. The van der Waals surface area contributed by atoms with Crippen molar-refractivity contribution in [1.82, 2.24) is 49.5 Å². The number of ether oxygens (including phenoxy) is 7.